The van der Waals surface area contributed by atoms with Crippen molar-refractivity contribution in [2.24, 2.45) is 0 Å². The van der Waals surface area contributed by atoms with Crippen LogP contribution in [0.5, 0.6) is 5.75 Å². The van der Waals surface area contributed by atoms with Crippen LogP contribution in [0.2, 0.25) is 0 Å². The highest BCUT2D eigenvalue weighted by Gasteiger charge is 2.76. The molecular weight excluding hydrogens is 409 g/mol. The summed E-state index contributed by atoms with van der Waals surface area (Å²) in [7, 11) is 1.69. The van der Waals surface area contributed by atoms with Gasteiger partial charge in [0.05, 0.1) is 12.8 Å². The normalized spacial score (nSPS) is 24.7. The van der Waals surface area contributed by atoms with Crippen molar-refractivity contribution in [1.82, 2.24) is 0 Å². The maximum Gasteiger partial charge on any atom is 0.219 e. The first-order chi connectivity index (χ1) is 13.6. The van der Waals surface area contributed by atoms with Crippen LogP contribution in [-0.2, 0) is 5.54 Å². The Kier molecular flexibility index (Phi) is 4.31. The largest absolute Gasteiger partial charge is 0.497 e. The Hall–Kier alpha value is -1.81. The fourth-order valence-electron chi connectivity index (χ4n) is 4.26. The van der Waals surface area contributed by atoms with Crippen LogP contribution in [0.1, 0.15) is 22.8 Å². The van der Waals surface area contributed by atoms with Crippen molar-refractivity contribution in [1.29, 1.82) is 0 Å². The highest BCUT2D eigenvalue weighted by molar-refractivity contribution is 7.99. The zero-order valence-electron chi connectivity index (χ0n) is 15.3. The molecule has 0 radical (unpaired) electrons. The standard InChI is InChI=1S/C23H19Cl2NOS/c1-27-18-13-11-16(12-14-18)21-15-22(17-7-3-2-4-8-17)23(24,25)26(22)19-9-5-6-10-20(19)28-21/h2-14,21H,15H2,1H3/t21-,22+,26?/m0/s1. The van der Waals surface area contributed by atoms with Crippen LogP contribution in [0.25, 0.3) is 0 Å². The summed E-state index contributed by atoms with van der Waals surface area (Å²) < 4.78 is 4.36. The van der Waals surface area contributed by atoms with E-state index in [2.05, 4.69) is 59.5 Å². The molecule has 5 rings (SSSR count). The fourth-order valence-corrected chi connectivity index (χ4v) is 6.55. The van der Waals surface area contributed by atoms with Gasteiger partial charge in [-0.15, -0.1) is 11.8 Å². The average Bonchev–Trinajstić information content (AvgIpc) is 3.29. The molecule has 2 atom stereocenters. The quantitative estimate of drug-likeness (QED) is 0.259. The van der Waals surface area contributed by atoms with Crippen molar-refractivity contribution in [3.05, 3.63) is 90.0 Å². The SMILES string of the molecule is COc1ccc([C@@H]2C[C@]3(c4ccccc4)N(c4ccccc4S2)C3(Cl)Cl)cc1. The van der Waals surface area contributed by atoms with Crippen LogP contribution in [0, 0.1) is 0 Å². The topological polar surface area (TPSA) is 12.2 Å². The van der Waals surface area contributed by atoms with E-state index in [1.807, 2.05) is 36.0 Å². The molecule has 0 unspecified atom stereocenters. The second-order valence-electron chi connectivity index (χ2n) is 7.15. The van der Waals surface area contributed by atoms with Crippen molar-refractivity contribution in [3.63, 3.8) is 0 Å². The van der Waals surface area contributed by atoms with Gasteiger partial charge in [0.1, 0.15) is 11.3 Å². The van der Waals surface area contributed by atoms with Gasteiger partial charge in [-0.25, -0.2) is 0 Å². The summed E-state index contributed by atoms with van der Waals surface area (Å²) in [5.41, 5.74) is 3.03. The van der Waals surface area contributed by atoms with Gasteiger partial charge in [0.25, 0.3) is 0 Å². The van der Waals surface area contributed by atoms with Crippen molar-refractivity contribution >= 4 is 40.7 Å². The summed E-state index contributed by atoms with van der Waals surface area (Å²) in [5, 5.41) is 0.219. The monoisotopic (exact) mass is 427 g/mol. The molecule has 0 N–H and O–H groups in total. The fraction of sp³-hybridized carbons (Fsp3) is 0.217. The van der Waals surface area contributed by atoms with Gasteiger partial charge in [-0.1, -0.05) is 77.8 Å². The lowest BCUT2D eigenvalue weighted by atomic mass is 9.91. The number of benzene rings is 3. The van der Waals surface area contributed by atoms with E-state index in [4.69, 9.17) is 27.9 Å². The molecule has 0 amide bonds. The summed E-state index contributed by atoms with van der Waals surface area (Å²) in [6, 6.07) is 27.1. The van der Waals surface area contributed by atoms with Gasteiger partial charge >= 0.3 is 0 Å². The zero-order chi connectivity index (χ0) is 19.4. The van der Waals surface area contributed by atoms with Crippen LogP contribution in [-0.4, -0.2) is 11.6 Å². The zero-order valence-corrected chi connectivity index (χ0v) is 17.6. The molecule has 3 aromatic rings. The van der Waals surface area contributed by atoms with Gasteiger partial charge in [0, 0.05) is 10.1 Å². The summed E-state index contributed by atoms with van der Waals surface area (Å²) in [6.45, 7) is 0. The Balaban J connectivity index is 1.66. The van der Waals surface area contributed by atoms with Gasteiger partial charge in [-0.05, 0) is 41.8 Å². The second-order valence-corrected chi connectivity index (χ2v) is 9.69. The van der Waals surface area contributed by atoms with Gasteiger partial charge < -0.3 is 9.64 Å². The molecule has 28 heavy (non-hydrogen) atoms. The number of methoxy groups -OCH3 is 1. The minimum atomic E-state index is -0.976. The lowest BCUT2D eigenvalue weighted by Crippen LogP contribution is -2.19. The van der Waals surface area contributed by atoms with Crippen LogP contribution in [0.15, 0.2) is 83.8 Å². The van der Waals surface area contributed by atoms with Gasteiger partial charge in [-0.3, -0.25) is 0 Å². The van der Waals surface area contributed by atoms with E-state index < -0.39 is 10.00 Å². The van der Waals surface area contributed by atoms with Crippen molar-refractivity contribution in [3.8, 4) is 5.75 Å². The molecule has 2 heterocycles. The lowest BCUT2D eigenvalue weighted by Gasteiger charge is -2.22. The molecule has 0 spiro atoms. The van der Waals surface area contributed by atoms with E-state index in [-0.39, 0.29) is 5.25 Å². The molecule has 142 valence electrons. The van der Waals surface area contributed by atoms with E-state index >= 15 is 0 Å². The van der Waals surface area contributed by atoms with Crippen LogP contribution in [0.3, 0.4) is 0 Å². The van der Waals surface area contributed by atoms with E-state index in [0.717, 1.165) is 23.4 Å². The molecule has 3 aromatic carbocycles. The van der Waals surface area contributed by atoms with Crippen molar-refractivity contribution in [2.75, 3.05) is 12.0 Å². The number of nitrogens with zero attached hydrogens (tertiary/aromatic N) is 1. The number of thioether (sulfide) groups is 1. The third-order valence-electron chi connectivity index (χ3n) is 5.71. The molecule has 5 heteroatoms. The molecule has 1 fully saturated rings. The number of hydrogen-bond donors (Lipinski definition) is 0. The molecule has 2 nitrogen and oxygen atoms in total. The summed E-state index contributed by atoms with van der Waals surface area (Å²) >= 11 is 15.8. The number of halogens is 2. The van der Waals surface area contributed by atoms with E-state index in [0.29, 0.717) is 0 Å². The van der Waals surface area contributed by atoms with Gasteiger partial charge in [-0.2, -0.15) is 0 Å². The smallest absolute Gasteiger partial charge is 0.219 e. The van der Waals surface area contributed by atoms with Gasteiger partial charge in [0.15, 0.2) is 0 Å². The molecule has 0 bridgehead atoms. The molecule has 1 saturated heterocycles. The van der Waals surface area contributed by atoms with E-state index in [9.17, 15) is 0 Å². The molecule has 2 aliphatic rings. The van der Waals surface area contributed by atoms with Crippen LogP contribution in [0.4, 0.5) is 5.69 Å². The summed E-state index contributed by atoms with van der Waals surface area (Å²) in [4.78, 5) is 3.37. The summed E-state index contributed by atoms with van der Waals surface area (Å²) in [5.74, 6) is 0.859. The predicted octanol–water partition coefficient (Wildman–Crippen LogP) is 6.78. The third kappa shape index (κ3) is 2.57. The average molecular weight is 428 g/mol. The first-order valence-corrected chi connectivity index (χ1v) is 10.8. The Bertz CT molecular complexity index is 1010. The first kappa shape index (κ1) is 18.2. The molecular formula is C23H19Cl2NOS. The number of anilines is 1. The number of ether oxygens (including phenoxy) is 1. The Morgan fingerprint density at radius 1 is 0.929 bits per heavy atom. The lowest BCUT2D eigenvalue weighted by molar-refractivity contribution is 0.414. The first-order valence-electron chi connectivity index (χ1n) is 9.21. The maximum atomic E-state index is 6.97. The minimum absolute atomic E-state index is 0.219. The van der Waals surface area contributed by atoms with Crippen LogP contribution >= 0.6 is 35.0 Å². The number of alkyl halides is 2. The maximum absolute atomic E-state index is 6.97. The number of hydrogen-bond acceptors (Lipinski definition) is 3. The Morgan fingerprint density at radius 3 is 2.32 bits per heavy atom. The van der Waals surface area contributed by atoms with Crippen molar-refractivity contribution in [2.45, 2.75) is 26.6 Å². The highest BCUT2D eigenvalue weighted by atomic mass is 35.5. The molecule has 0 aliphatic carbocycles. The van der Waals surface area contributed by atoms with E-state index in [1.165, 1.54) is 10.5 Å². The third-order valence-corrected chi connectivity index (χ3v) is 7.99. The Morgan fingerprint density at radius 2 is 1.61 bits per heavy atom. The number of para-hydroxylation sites is 1. The molecule has 0 saturated carbocycles. The van der Waals surface area contributed by atoms with E-state index in [1.54, 1.807) is 7.11 Å². The Labute approximate surface area is 179 Å². The van der Waals surface area contributed by atoms with Crippen LogP contribution < -0.4 is 9.64 Å². The molecule has 0 aromatic heterocycles. The predicted molar refractivity (Wildman–Crippen MR) is 118 cm³/mol. The summed E-state index contributed by atoms with van der Waals surface area (Å²) in [6.07, 6.45) is 0.815. The minimum Gasteiger partial charge on any atom is -0.497 e. The molecule has 2 aliphatic heterocycles. The van der Waals surface area contributed by atoms with Crippen molar-refractivity contribution < 1.29 is 4.74 Å². The number of rotatable bonds is 3. The highest BCUT2D eigenvalue weighted by Crippen LogP contribution is 2.72. The van der Waals surface area contributed by atoms with Gasteiger partial charge in [0.2, 0.25) is 4.46 Å². The number of fused-ring (bicyclic) bond motifs is 3. The second kappa shape index (κ2) is 6.62.